The van der Waals surface area contributed by atoms with E-state index in [-0.39, 0.29) is 0 Å². The molecule has 3 atom stereocenters. The normalized spacial score (nSPS) is 25.8. The predicted octanol–water partition coefficient (Wildman–Crippen LogP) is 3.43. The molecule has 1 saturated heterocycles. The molecule has 2 nitrogen and oxygen atoms in total. The van der Waals surface area contributed by atoms with Crippen LogP contribution in [-0.2, 0) is 11.2 Å². The first-order valence-electron chi connectivity index (χ1n) is 6.07. The van der Waals surface area contributed by atoms with Crippen LogP contribution in [0.25, 0.3) is 0 Å². The Labute approximate surface area is 111 Å². The fourth-order valence-corrected chi connectivity index (χ4v) is 3.04. The van der Waals surface area contributed by atoms with Crippen LogP contribution in [0.3, 0.4) is 0 Å². The van der Waals surface area contributed by atoms with E-state index in [0.29, 0.717) is 16.8 Å². The van der Waals surface area contributed by atoms with E-state index in [9.17, 15) is 0 Å². The lowest BCUT2D eigenvalue weighted by Gasteiger charge is -2.16. The van der Waals surface area contributed by atoms with Gasteiger partial charge in [-0.15, -0.1) is 0 Å². The van der Waals surface area contributed by atoms with Crippen molar-refractivity contribution in [2.24, 2.45) is 5.92 Å². The minimum atomic E-state index is 0.408. The number of alkyl halides is 1. The Morgan fingerprint density at radius 1 is 1.53 bits per heavy atom. The molecule has 0 spiro atoms. The Hall–Kier alpha value is -0.540. The van der Waals surface area contributed by atoms with Crippen LogP contribution in [0.5, 0.6) is 5.75 Å². The highest BCUT2D eigenvalue weighted by atomic mass is 79.9. The van der Waals surface area contributed by atoms with Crippen molar-refractivity contribution in [1.29, 1.82) is 0 Å². The first-order chi connectivity index (χ1) is 8.19. The minimum Gasteiger partial charge on any atom is -0.497 e. The molecule has 3 heteroatoms. The van der Waals surface area contributed by atoms with Crippen molar-refractivity contribution >= 4 is 15.9 Å². The summed E-state index contributed by atoms with van der Waals surface area (Å²) in [6.07, 6.45) is 2.59. The molecule has 0 amide bonds. The van der Waals surface area contributed by atoms with Gasteiger partial charge in [-0.05, 0) is 43.4 Å². The third kappa shape index (κ3) is 3.46. The van der Waals surface area contributed by atoms with E-state index in [1.165, 1.54) is 5.56 Å². The monoisotopic (exact) mass is 298 g/mol. The molecule has 0 N–H and O–H groups in total. The van der Waals surface area contributed by atoms with Crippen LogP contribution in [0, 0.1) is 5.92 Å². The van der Waals surface area contributed by atoms with Crippen molar-refractivity contribution in [3.63, 3.8) is 0 Å². The zero-order chi connectivity index (χ0) is 12.3. The SMILES string of the molecule is COc1cccc(CC(Br)C2COC(C)C2)c1. The fourth-order valence-electron chi connectivity index (χ4n) is 2.29. The summed E-state index contributed by atoms with van der Waals surface area (Å²) in [6, 6.07) is 8.28. The van der Waals surface area contributed by atoms with E-state index >= 15 is 0 Å². The first-order valence-corrected chi connectivity index (χ1v) is 6.99. The van der Waals surface area contributed by atoms with Gasteiger partial charge in [-0.3, -0.25) is 0 Å². The molecule has 1 aromatic carbocycles. The summed E-state index contributed by atoms with van der Waals surface area (Å²) in [6.45, 7) is 3.02. The Morgan fingerprint density at radius 3 is 3.00 bits per heavy atom. The molecule has 1 fully saturated rings. The maximum atomic E-state index is 5.61. The molecule has 1 heterocycles. The van der Waals surface area contributed by atoms with Gasteiger partial charge in [0.15, 0.2) is 0 Å². The maximum Gasteiger partial charge on any atom is 0.119 e. The second-order valence-electron chi connectivity index (χ2n) is 4.71. The summed E-state index contributed by atoms with van der Waals surface area (Å²) in [5, 5.41) is 0. The summed E-state index contributed by atoms with van der Waals surface area (Å²) in [5.74, 6) is 1.55. The molecule has 1 aliphatic heterocycles. The Morgan fingerprint density at radius 2 is 2.35 bits per heavy atom. The highest BCUT2D eigenvalue weighted by Crippen LogP contribution is 2.29. The number of methoxy groups -OCH3 is 1. The Bertz CT molecular complexity index is 367. The molecule has 0 bridgehead atoms. The molecule has 94 valence electrons. The summed E-state index contributed by atoms with van der Waals surface area (Å²) in [4.78, 5) is 0.486. The van der Waals surface area contributed by atoms with Crippen molar-refractivity contribution in [3.05, 3.63) is 29.8 Å². The quantitative estimate of drug-likeness (QED) is 0.793. The van der Waals surface area contributed by atoms with Gasteiger partial charge in [0, 0.05) is 4.83 Å². The van der Waals surface area contributed by atoms with E-state index in [2.05, 4.69) is 35.0 Å². The molecular formula is C14H19BrO2. The number of hydrogen-bond donors (Lipinski definition) is 0. The number of benzene rings is 1. The molecule has 0 saturated carbocycles. The number of rotatable bonds is 4. The van der Waals surface area contributed by atoms with Crippen molar-refractivity contribution in [1.82, 2.24) is 0 Å². The molecule has 0 aromatic heterocycles. The van der Waals surface area contributed by atoms with Crippen molar-refractivity contribution in [2.75, 3.05) is 13.7 Å². The summed E-state index contributed by atoms with van der Waals surface area (Å²) in [7, 11) is 1.71. The van der Waals surface area contributed by atoms with E-state index in [0.717, 1.165) is 25.2 Å². The lowest BCUT2D eigenvalue weighted by molar-refractivity contribution is 0.120. The number of ether oxygens (including phenoxy) is 2. The summed E-state index contributed by atoms with van der Waals surface area (Å²) in [5.41, 5.74) is 1.31. The molecule has 0 radical (unpaired) electrons. The second kappa shape index (κ2) is 5.87. The van der Waals surface area contributed by atoms with E-state index in [4.69, 9.17) is 9.47 Å². The van der Waals surface area contributed by atoms with Crippen LogP contribution in [-0.4, -0.2) is 24.6 Å². The smallest absolute Gasteiger partial charge is 0.119 e. The van der Waals surface area contributed by atoms with Gasteiger partial charge < -0.3 is 9.47 Å². The lowest BCUT2D eigenvalue weighted by atomic mass is 9.97. The predicted molar refractivity (Wildman–Crippen MR) is 72.9 cm³/mol. The highest BCUT2D eigenvalue weighted by Gasteiger charge is 2.28. The van der Waals surface area contributed by atoms with Crippen molar-refractivity contribution in [2.45, 2.75) is 30.7 Å². The zero-order valence-electron chi connectivity index (χ0n) is 10.4. The van der Waals surface area contributed by atoms with E-state index in [1.807, 2.05) is 12.1 Å². The van der Waals surface area contributed by atoms with Gasteiger partial charge in [0.05, 0.1) is 19.8 Å². The summed E-state index contributed by atoms with van der Waals surface area (Å²) >= 11 is 3.79. The average Bonchev–Trinajstić information content (AvgIpc) is 2.76. The van der Waals surface area contributed by atoms with E-state index < -0.39 is 0 Å². The van der Waals surface area contributed by atoms with Crippen LogP contribution in [0.1, 0.15) is 18.9 Å². The van der Waals surface area contributed by atoms with Crippen LogP contribution >= 0.6 is 15.9 Å². The van der Waals surface area contributed by atoms with Crippen LogP contribution < -0.4 is 4.74 Å². The van der Waals surface area contributed by atoms with Gasteiger partial charge in [-0.1, -0.05) is 28.1 Å². The zero-order valence-corrected chi connectivity index (χ0v) is 11.9. The van der Waals surface area contributed by atoms with E-state index in [1.54, 1.807) is 7.11 Å². The summed E-state index contributed by atoms with van der Waals surface area (Å²) < 4.78 is 10.9. The van der Waals surface area contributed by atoms with Gasteiger partial charge >= 0.3 is 0 Å². The standard InChI is InChI=1S/C14H19BrO2/c1-10-6-12(9-17-10)14(15)8-11-4-3-5-13(7-11)16-2/h3-5,7,10,12,14H,6,8-9H2,1-2H3. The fraction of sp³-hybridized carbons (Fsp3) is 0.571. The average molecular weight is 299 g/mol. The van der Waals surface area contributed by atoms with Crippen LogP contribution in [0.2, 0.25) is 0 Å². The second-order valence-corrected chi connectivity index (χ2v) is 5.89. The third-order valence-corrected chi connectivity index (χ3v) is 4.38. The van der Waals surface area contributed by atoms with Gasteiger partial charge in [0.2, 0.25) is 0 Å². The van der Waals surface area contributed by atoms with Crippen molar-refractivity contribution < 1.29 is 9.47 Å². The molecular weight excluding hydrogens is 280 g/mol. The highest BCUT2D eigenvalue weighted by molar-refractivity contribution is 9.09. The first kappa shape index (κ1) is 12.9. The lowest BCUT2D eigenvalue weighted by Crippen LogP contribution is -2.17. The van der Waals surface area contributed by atoms with Crippen molar-refractivity contribution in [3.8, 4) is 5.75 Å². The Balaban J connectivity index is 1.95. The van der Waals surface area contributed by atoms with Gasteiger partial charge in [-0.2, -0.15) is 0 Å². The topological polar surface area (TPSA) is 18.5 Å². The molecule has 3 unspecified atom stereocenters. The third-order valence-electron chi connectivity index (χ3n) is 3.31. The maximum absolute atomic E-state index is 5.61. The van der Waals surface area contributed by atoms with Gasteiger partial charge in [0.25, 0.3) is 0 Å². The van der Waals surface area contributed by atoms with Gasteiger partial charge in [0.1, 0.15) is 5.75 Å². The molecule has 2 rings (SSSR count). The molecule has 1 aromatic rings. The molecule has 17 heavy (non-hydrogen) atoms. The van der Waals surface area contributed by atoms with Crippen LogP contribution in [0.15, 0.2) is 24.3 Å². The largest absolute Gasteiger partial charge is 0.497 e. The number of halogens is 1. The molecule has 1 aliphatic rings. The van der Waals surface area contributed by atoms with Gasteiger partial charge in [-0.25, -0.2) is 0 Å². The number of hydrogen-bond acceptors (Lipinski definition) is 2. The molecule has 0 aliphatic carbocycles. The van der Waals surface area contributed by atoms with Crippen LogP contribution in [0.4, 0.5) is 0 Å². The Kier molecular flexibility index (Phi) is 4.46. The minimum absolute atomic E-state index is 0.408.